The molecule has 1 saturated heterocycles. The van der Waals surface area contributed by atoms with Crippen LogP contribution in [0, 0.1) is 0 Å². The van der Waals surface area contributed by atoms with Crippen molar-refractivity contribution in [3.05, 3.63) is 0 Å². The minimum absolute atomic E-state index is 0.280. The van der Waals surface area contributed by atoms with Crippen LogP contribution in [0.25, 0.3) is 0 Å². The molecule has 1 fully saturated rings. The minimum atomic E-state index is 0.280. The van der Waals surface area contributed by atoms with Crippen molar-refractivity contribution in [1.82, 2.24) is 9.80 Å². The molecule has 0 bridgehead atoms. The van der Waals surface area contributed by atoms with Crippen LogP contribution < -0.4 is 5.73 Å². The lowest BCUT2D eigenvalue weighted by atomic mass is 10.3. The molecule has 0 aromatic rings. The molecule has 1 aliphatic heterocycles. The van der Waals surface area contributed by atoms with E-state index in [4.69, 9.17) is 5.73 Å². The molecular weight excluding hydrogens is 202 g/mol. The van der Waals surface area contributed by atoms with Gasteiger partial charge in [0.15, 0.2) is 0 Å². The molecule has 1 aliphatic rings. The molecule has 4 nitrogen and oxygen atoms in total. The first-order chi connectivity index (χ1) is 7.77. The Hall–Kier alpha value is -0.610. The molecule has 0 unspecified atom stereocenters. The topological polar surface area (TPSA) is 49.6 Å². The Labute approximate surface area is 98.8 Å². The van der Waals surface area contributed by atoms with Gasteiger partial charge in [-0.3, -0.25) is 9.69 Å². The maximum atomic E-state index is 11.9. The number of hydrogen-bond acceptors (Lipinski definition) is 3. The van der Waals surface area contributed by atoms with Crippen LogP contribution in [-0.2, 0) is 4.79 Å². The van der Waals surface area contributed by atoms with Crippen LogP contribution in [0.4, 0.5) is 0 Å². The van der Waals surface area contributed by atoms with Crippen LogP contribution in [0.1, 0.15) is 32.6 Å². The van der Waals surface area contributed by atoms with Crippen LogP contribution in [0.2, 0.25) is 0 Å². The molecule has 0 atom stereocenters. The smallest absolute Gasteiger partial charge is 0.236 e. The highest BCUT2D eigenvalue weighted by Crippen LogP contribution is 2.08. The van der Waals surface area contributed by atoms with Crippen molar-refractivity contribution >= 4 is 5.91 Å². The number of unbranched alkanes of at least 4 members (excludes halogenated alkanes) is 1. The molecule has 94 valence electrons. The molecule has 0 aromatic heterocycles. The third-order valence-corrected chi connectivity index (χ3v) is 3.09. The van der Waals surface area contributed by atoms with E-state index in [2.05, 4.69) is 11.8 Å². The number of carbonyl (C=O) groups excluding carboxylic acids is 1. The lowest BCUT2D eigenvalue weighted by Crippen LogP contribution is -2.41. The third-order valence-electron chi connectivity index (χ3n) is 3.09. The Bertz CT molecular complexity index is 202. The van der Waals surface area contributed by atoms with E-state index >= 15 is 0 Å². The zero-order valence-corrected chi connectivity index (χ0v) is 10.5. The number of hydrogen-bond donors (Lipinski definition) is 1. The summed E-state index contributed by atoms with van der Waals surface area (Å²) < 4.78 is 0. The largest absolute Gasteiger partial charge is 0.342 e. The zero-order chi connectivity index (χ0) is 11.8. The average molecular weight is 227 g/mol. The minimum Gasteiger partial charge on any atom is -0.342 e. The van der Waals surface area contributed by atoms with Crippen LogP contribution >= 0.6 is 0 Å². The molecule has 1 rings (SSSR count). The van der Waals surface area contributed by atoms with Gasteiger partial charge in [0.2, 0.25) is 5.91 Å². The van der Waals surface area contributed by atoms with Gasteiger partial charge in [-0.2, -0.15) is 0 Å². The van der Waals surface area contributed by atoms with E-state index in [1.165, 1.54) is 6.42 Å². The fourth-order valence-electron chi connectivity index (χ4n) is 2.09. The van der Waals surface area contributed by atoms with Crippen molar-refractivity contribution in [2.45, 2.75) is 32.6 Å². The number of carbonyl (C=O) groups is 1. The van der Waals surface area contributed by atoms with Gasteiger partial charge < -0.3 is 10.6 Å². The van der Waals surface area contributed by atoms with Crippen LogP contribution in [-0.4, -0.2) is 55.0 Å². The number of nitrogens with two attached hydrogens (primary N) is 1. The SMILES string of the molecule is CCCCN(CCN)CC(=O)N1CCCC1. The van der Waals surface area contributed by atoms with Gasteiger partial charge in [0.25, 0.3) is 0 Å². The predicted octanol–water partition coefficient (Wildman–Crippen LogP) is 0.670. The monoisotopic (exact) mass is 227 g/mol. The Balaban J connectivity index is 2.30. The summed E-state index contributed by atoms with van der Waals surface area (Å²) in [6.07, 6.45) is 4.64. The van der Waals surface area contributed by atoms with E-state index in [9.17, 15) is 4.79 Å². The summed E-state index contributed by atoms with van der Waals surface area (Å²) in [4.78, 5) is 16.1. The summed E-state index contributed by atoms with van der Waals surface area (Å²) >= 11 is 0. The molecular formula is C12H25N3O. The van der Waals surface area contributed by atoms with Gasteiger partial charge in [-0.25, -0.2) is 0 Å². The first-order valence-corrected chi connectivity index (χ1v) is 6.48. The molecule has 16 heavy (non-hydrogen) atoms. The first-order valence-electron chi connectivity index (χ1n) is 6.48. The molecule has 0 aromatic carbocycles. The Kier molecular flexibility index (Phi) is 6.42. The maximum Gasteiger partial charge on any atom is 0.236 e. The highest BCUT2D eigenvalue weighted by molar-refractivity contribution is 5.78. The van der Waals surface area contributed by atoms with Gasteiger partial charge in [-0.1, -0.05) is 13.3 Å². The molecule has 4 heteroatoms. The highest BCUT2D eigenvalue weighted by Gasteiger charge is 2.19. The second-order valence-electron chi connectivity index (χ2n) is 4.51. The third kappa shape index (κ3) is 4.49. The number of likely N-dealkylation sites (tertiary alicyclic amines) is 1. The number of nitrogens with zero attached hydrogens (tertiary/aromatic N) is 2. The molecule has 0 aliphatic carbocycles. The van der Waals surface area contributed by atoms with E-state index in [1.54, 1.807) is 0 Å². The fourth-order valence-corrected chi connectivity index (χ4v) is 2.09. The van der Waals surface area contributed by atoms with Crippen molar-refractivity contribution in [3.63, 3.8) is 0 Å². The normalized spacial score (nSPS) is 16.1. The highest BCUT2D eigenvalue weighted by atomic mass is 16.2. The quantitative estimate of drug-likeness (QED) is 0.695. The molecule has 2 N–H and O–H groups in total. The number of amides is 1. The van der Waals surface area contributed by atoms with Crippen molar-refractivity contribution in [3.8, 4) is 0 Å². The first kappa shape index (κ1) is 13.5. The predicted molar refractivity (Wildman–Crippen MR) is 66.2 cm³/mol. The maximum absolute atomic E-state index is 11.9. The summed E-state index contributed by atoms with van der Waals surface area (Å²) in [5, 5.41) is 0. The van der Waals surface area contributed by atoms with Crippen LogP contribution in [0.5, 0.6) is 0 Å². The lowest BCUT2D eigenvalue weighted by Gasteiger charge is -2.24. The Morgan fingerprint density at radius 1 is 1.31 bits per heavy atom. The Morgan fingerprint density at radius 3 is 2.56 bits per heavy atom. The zero-order valence-electron chi connectivity index (χ0n) is 10.5. The van der Waals surface area contributed by atoms with Crippen LogP contribution in [0.15, 0.2) is 0 Å². The van der Waals surface area contributed by atoms with E-state index in [0.717, 1.165) is 45.4 Å². The molecule has 1 heterocycles. The standard InChI is InChI=1S/C12H25N3O/c1-2-3-7-14(10-6-13)11-12(16)15-8-4-5-9-15/h2-11,13H2,1H3. The van der Waals surface area contributed by atoms with E-state index in [0.29, 0.717) is 13.1 Å². The van der Waals surface area contributed by atoms with Crippen molar-refractivity contribution in [2.24, 2.45) is 5.73 Å². The molecule has 0 radical (unpaired) electrons. The molecule has 1 amide bonds. The summed E-state index contributed by atoms with van der Waals surface area (Å²) in [7, 11) is 0. The lowest BCUT2D eigenvalue weighted by molar-refractivity contribution is -0.131. The van der Waals surface area contributed by atoms with Gasteiger partial charge in [-0.15, -0.1) is 0 Å². The van der Waals surface area contributed by atoms with Crippen molar-refractivity contribution in [1.29, 1.82) is 0 Å². The number of rotatable bonds is 7. The van der Waals surface area contributed by atoms with Gasteiger partial charge in [-0.05, 0) is 25.8 Å². The van der Waals surface area contributed by atoms with Gasteiger partial charge >= 0.3 is 0 Å². The summed E-state index contributed by atoms with van der Waals surface area (Å²) in [6, 6.07) is 0. The molecule has 0 spiro atoms. The van der Waals surface area contributed by atoms with Crippen LogP contribution in [0.3, 0.4) is 0 Å². The van der Waals surface area contributed by atoms with Crippen molar-refractivity contribution < 1.29 is 4.79 Å². The summed E-state index contributed by atoms with van der Waals surface area (Å²) in [6.45, 7) is 7.08. The summed E-state index contributed by atoms with van der Waals surface area (Å²) in [5.41, 5.74) is 5.56. The molecule has 0 saturated carbocycles. The second-order valence-corrected chi connectivity index (χ2v) is 4.51. The summed E-state index contributed by atoms with van der Waals surface area (Å²) in [5.74, 6) is 0.280. The van der Waals surface area contributed by atoms with E-state index in [-0.39, 0.29) is 5.91 Å². The van der Waals surface area contributed by atoms with Gasteiger partial charge in [0, 0.05) is 26.2 Å². The van der Waals surface area contributed by atoms with E-state index < -0.39 is 0 Å². The fraction of sp³-hybridized carbons (Fsp3) is 0.917. The van der Waals surface area contributed by atoms with E-state index in [1.807, 2.05) is 4.90 Å². The second kappa shape index (κ2) is 7.63. The van der Waals surface area contributed by atoms with Gasteiger partial charge in [0.05, 0.1) is 6.54 Å². The van der Waals surface area contributed by atoms with Crippen molar-refractivity contribution in [2.75, 3.05) is 39.3 Å². The Morgan fingerprint density at radius 2 is 2.00 bits per heavy atom. The van der Waals surface area contributed by atoms with Gasteiger partial charge in [0.1, 0.15) is 0 Å². The average Bonchev–Trinajstić information content (AvgIpc) is 2.79.